The Bertz CT molecular complexity index is 710. The standard InChI is InChI=1S/C13H17N5O3S/c1-9(19)14-8-10-4-2-3-5-16(10)11-12(18(20)21)17-6-7-22-13(17)15-11/h6-7,10H,2-5,8H2,1H3,(H,14,19). The summed E-state index contributed by atoms with van der Waals surface area (Å²) in [6.45, 7) is 2.68. The highest BCUT2D eigenvalue weighted by Crippen LogP contribution is 2.34. The number of rotatable bonds is 4. The first-order valence-electron chi connectivity index (χ1n) is 7.19. The second-order valence-electron chi connectivity index (χ2n) is 5.35. The molecule has 0 radical (unpaired) electrons. The van der Waals surface area contributed by atoms with Crippen molar-refractivity contribution in [1.29, 1.82) is 0 Å². The van der Waals surface area contributed by atoms with Gasteiger partial charge < -0.3 is 20.3 Å². The second kappa shape index (κ2) is 5.91. The van der Waals surface area contributed by atoms with Crippen molar-refractivity contribution in [2.24, 2.45) is 0 Å². The van der Waals surface area contributed by atoms with E-state index in [2.05, 4.69) is 10.3 Å². The van der Waals surface area contributed by atoms with Crippen molar-refractivity contribution in [1.82, 2.24) is 14.7 Å². The topological polar surface area (TPSA) is 92.8 Å². The second-order valence-corrected chi connectivity index (χ2v) is 6.22. The van der Waals surface area contributed by atoms with Crippen LogP contribution < -0.4 is 10.2 Å². The molecular weight excluding hydrogens is 306 g/mol. The Morgan fingerprint density at radius 3 is 3.14 bits per heavy atom. The van der Waals surface area contributed by atoms with Crippen molar-refractivity contribution in [2.75, 3.05) is 18.0 Å². The number of nitrogens with zero attached hydrogens (tertiary/aromatic N) is 4. The molecule has 8 nitrogen and oxygen atoms in total. The first-order valence-corrected chi connectivity index (χ1v) is 8.07. The third-order valence-electron chi connectivity index (χ3n) is 3.88. The lowest BCUT2D eigenvalue weighted by molar-refractivity contribution is -0.389. The van der Waals surface area contributed by atoms with E-state index in [4.69, 9.17) is 0 Å². The van der Waals surface area contributed by atoms with Gasteiger partial charge in [-0.3, -0.25) is 4.79 Å². The first kappa shape index (κ1) is 14.8. The molecular formula is C13H17N5O3S. The fourth-order valence-electron chi connectivity index (χ4n) is 2.88. The number of carbonyl (C=O) groups is 1. The van der Waals surface area contributed by atoms with Crippen molar-refractivity contribution in [3.63, 3.8) is 0 Å². The molecule has 1 unspecified atom stereocenters. The molecule has 0 spiro atoms. The Morgan fingerprint density at radius 1 is 1.59 bits per heavy atom. The van der Waals surface area contributed by atoms with Crippen LogP contribution in [0.2, 0.25) is 0 Å². The van der Waals surface area contributed by atoms with Crippen molar-refractivity contribution in [3.8, 4) is 0 Å². The molecule has 1 saturated heterocycles. The van der Waals surface area contributed by atoms with Gasteiger partial charge in [0, 0.05) is 31.4 Å². The summed E-state index contributed by atoms with van der Waals surface area (Å²) in [4.78, 5) is 29.3. The zero-order valence-electron chi connectivity index (χ0n) is 12.2. The summed E-state index contributed by atoms with van der Waals surface area (Å²) in [5, 5.41) is 16.1. The van der Waals surface area contributed by atoms with E-state index in [0.29, 0.717) is 17.3 Å². The SMILES string of the molecule is CC(=O)NCC1CCCCN1c1nc2sccn2c1[N+](=O)[O-]. The Balaban J connectivity index is 1.96. The fourth-order valence-corrected chi connectivity index (χ4v) is 3.58. The molecule has 0 bridgehead atoms. The van der Waals surface area contributed by atoms with Crippen LogP contribution in [0.15, 0.2) is 11.6 Å². The molecule has 9 heteroatoms. The van der Waals surface area contributed by atoms with Crippen LogP contribution in [0.5, 0.6) is 0 Å². The number of amides is 1. The highest BCUT2D eigenvalue weighted by atomic mass is 32.1. The molecule has 1 aliphatic rings. The van der Waals surface area contributed by atoms with Gasteiger partial charge in [-0.25, -0.2) is 0 Å². The molecule has 1 amide bonds. The van der Waals surface area contributed by atoms with E-state index >= 15 is 0 Å². The number of nitro groups is 1. The molecule has 3 heterocycles. The van der Waals surface area contributed by atoms with Crippen LogP contribution in [0, 0.1) is 10.1 Å². The first-order chi connectivity index (χ1) is 10.6. The summed E-state index contributed by atoms with van der Waals surface area (Å²) in [5.74, 6) is 0.323. The number of fused-ring (bicyclic) bond motifs is 1. The molecule has 0 saturated carbocycles. The summed E-state index contributed by atoms with van der Waals surface area (Å²) < 4.78 is 1.52. The third kappa shape index (κ3) is 2.63. The lowest BCUT2D eigenvalue weighted by Gasteiger charge is -2.35. The predicted molar refractivity (Wildman–Crippen MR) is 83.4 cm³/mol. The number of hydrogen-bond donors (Lipinski definition) is 1. The predicted octanol–water partition coefficient (Wildman–Crippen LogP) is 1.80. The number of thiazole rings is 1. The van der Waals surface area contributed by atoms with Gasteiger partial charge >= 0.3 is 5.82 Å². The minimum atomic E-state index is -0.383. The largest absolute Gasteiger partial charge is 0.373 e. The highest BCUT2D eigenvalue weighted by Gasteiger charge is 2.33. The summed E-state index contributed by atoms with van der Waals surface area (Å²) in [6, 6.07) is 0.0426. The van der Waals surface area contributed by atoms with Gasteiger partial charge in [0.2, 0.25) is 11.7 Å². The van der Waals surface area contributed by atoms with Gasteiger partial charge in [0.15, 0.2) is 0 Å². The van der Waals surface area contributed by atoms with E-state index in [0.717, 1.165) is 25.8 Å². The Morgan fingerprint density at radius 2 is 2.41 bits per heavy atom. The molecule has 1 N–H and O–H groups in total. The maximum atomic E-state index is 11.5. The monoisotopic (exact) mass is 323 g/mol. The van der Waals surface area contributed by atoms with Crippen LogP contribution in [-0.4, -0.2) is 39.3 Å². The molecule has 1 aliphatic heterocycles. The number of aromatic nitrogens is 2. The van der Waals surface area contributed by atoms with Crippen LogP contribution in [0.25, 0.3) is 4.96 Å². The smallest absolute Gasteiger partial charge is 0.358 e. The summed E-state index contributed by atoms with van der Waals surface area (Å²) in [6.07, 6.45) is 4.58. The molecule has 3 rings (SSSR count). The van der Waals surface area contributed by atoms with Crippen molar-refractivity contribution in [2.45, 2.75) is 32.2 Å². The van der Waals surface area contributed by atoms with E-state index in [1.165, 1.54) is 22.7 Å². The van der Waals surface area contributed by atoms with Crippen LogP contribution in [0.1, 0.15) is 26.2 Å². The minimum absolute atomic E-state index is 0.00553. The van der Waals surface area contributed by atoms with Gasteiger partial charge in [-0.05, 0) is 24.2 Å². The molecule has 0 aliphatic carbocycles. The number of piperidine rings is 1. The van der Waals surface area contributed by atoms with Crippen LogP contribution in [-0.2, 0) is 4.79 Å². The van der Waals surface area contributed by atoms with Gasteiger partial charge in [-0.2, -0.15) is 9.38 Å². The Kier molecular flexibility index (Phi) is 3.97. The van der Waals surface area contributed by atoms with Gasteiger partial charge in [0.25, 0.3) is 4.96 Å². The molecule has 2 aromatic heterocycles. The normalized spacial score (nSPS) is 18.6. The van der Waals surface area contributed by atoms with Crippen LogP contribution in [0.4, 0.5) is 11.6 Å². The molecule has 0 aromatic carbocycles. The molecule has 2 aromatic rings. The third-order valence-corrected chi connectivity index (χ3v) is 4.63. The van der Waals surface area contributed by atoms with Crippen molar-refractivity contribution >= 4 is 33.8 Å². The highest BCUT2D eigenvalue weighted by molar-refractivity contribution is 7.15. The minimum Gasteiger partial charge on any atom is -0.358 e. The number of anilines is 1. The molecule has 22 heavy (non-hydrogen) atoms. The number of hydrogen-bond acceptors (Lipinski definition) is 6. The Hall–Kier alpha value is -2.16. The van der Waals surface area contributed by atoms with Crippen LogP contribution in [0.3, 0.4) is 0 Å². The van der Waals surface area contributed by atoms with Crippen molar-refractivity contribution in [3.05, 3.63) is 21.7 Å². The number of nitrogens with one attached hydrogen (secondary N) is 1. The number of imidazole rings is 1. The van der Waals surface area contributed by atoms with Gasteiger partial charge in [0.1, 0.15) is 6.20 Å². The molecule has 1 fully saturated rings. The lowest BCUT2D eigenvalue weighted by atomic mass is 10.0. The Labute approximate surface area is 130 Å². The fraction of sp³-hybridized carbons (Fsp3) is 0.538. The van der Waals surface area contributed by atoms with E-state index in [1.807, 2.05) is 4.90 Å². The van der Waals surface area contributed by atoms with E-state index in [9.17, 15) is 14.9 Å². The molecule has 118 valence electrons. The van der Waals surface area contributed by atoms with Gasteiger partial charge in [-0.1, -0.05) is 11.3 Å². The maximum absolute atomic E-state index is 11.5. The summed E-state index contributed by atoms with van der Waals surface area (Å²) >= 11 is 1.37. The zero-order chi connectivity index (χ0) is 15.7. The summed E-state index contributed by atoms with van der Waals surface area (Å²) in [7, 11) is 0. The van der Waals surface area contributed by atoms with E-state index in [-0.39, 0.29) is 22.7 Å². The summed E-state index contributed by atoms with van der Waals surface area (Å²) in [5.41, 5.74) is 0. The van der Waals surface area contributed by atoms with Crippen molar-refractivity contribution < 1.29 is 9.72 Å². The van der Waals surface area contributed by atoms with Gasteiger partial charge in [0.05, 0.1) is 0 Å². The quantitative estimate of drug-likeness (QED) is 0.684. The van der Waals surface area contributed by atoms with Crippen LogP contribution >= 0.6 is 11.3 Å². The number of carbonyl (C=O) groups excluding carboxylic acids is 1. The average molecular weight is 323 g/mol. The average Bonchev–Trinajstić information content (AvgIpc) is 3.05. The van der Waals surface area contributed by atoms with Gasteiger partial charge in [-0.15, -0.1) is 0 Å². The maximum Gasteiger partial charge on any atom is 0.373 e. The zero-order valence-corrected chi connectivity index (χ0v) is 13.0. The van der Waals surface area contributed by atoms with E-state index in [1.54, 1.807) is 11.6 Å². The molecule has 1 atom stereocenters. The lowest BCUT2D eigenvalue weighted by Crippen LogP contribution is -2.46. The van der Waals surface area contributed by atoms with E-state index < -0.39 is 0 Å².